The van der Waals surface area contributed by atoms with Gasteiger partial charge in [0.1, 0.15) is 0 Å². The van der Waals surface area contributed by atoms with E-state index in [1.165, 1.54) is 5.56 Å². The lowest BCUT2D eigenvalue weighted by Crippen LogP contribution is -2.54. The van der Waals surface area contributed by atoms with Crippen LogP contribution >= 0.6 is 0 Å². The van der Waals surface area contributed by atoms with Crippen molar-refractivity contribution in [3.05, 3.63) is 34.4 Å². The van der Waals surface area contributed by atoms with E-state index in [0.717, 1.165) is 29.5 Å². The molecule has 3 unspecified atom stereocenters. The molecule has 1 aromatic carbocycles. The summed E-state index contributed by atoms with van der Waals surface area (Å²) in [4.78, 5) is 12.6. The number of carbonyl (C=O) groups excluding carboxylic acids is 1. The first-order chi connectivity index (χ1) is 9.38. The quantitative estimate of drug-likeness (QED) is 0.870. The van der Waals surface area contributed by atoms with E-state index < -0.39 is 0 Å². The molecule has 1 heterocycles. The molecule has 3 atom stereocenters. The van der Waals surface area contributed by atoms with Crippen molar-refractivity contribution in [2.24, 2.45) is 0 Å². The van der Waals surface area contributed by atoms with Crippen LogP contribution in [0.15, 0.2) is 12.1 Å². The molecular formula is C17H26N2O. The van der Waals surface area contributed by atoms with Gasteiger partial charge in [-0.05, 0) is 58.6 Å². The predicted octanol–water partition coefficient (Wildman–Crippen LogP) is 2.87. The fraction of sp³-hybridized carbons (Fsp3) is 0.588. The van der Waals surface area contributed by atoms with Crippen LogP contribution in [0, 0.1) is 20.8 Å². The van der Waals surface area contributed by atoms with Gasteiger partial charge in [-0.3, -0.25) is 4.79 Å². The van der Waals surface area contributed by atoms with Gasteiger partial charge in [-0.1, -0.05) is 17.7 Å². The summed E-state index contributed by atoms with van der Waals surface area (Å²) in [6, 6.07) is 5.24. The SMILES string of the molecule is Cc1cc(C)c(C(=O)NC2CCC(C)NC2C)c(C)c1. The summed E-state index contributed by atoms with van der Waals surface area (Å²) >= 11 is 0. The van der Waals surface area contributed by atoms with Crippen LogP contribution in [-0.2, 0) is 0 Å². The zero-order valence-corrected chi connectivity index (χ0v) is 13.2. The molecular weight excluding hydrogens is 248 g/mol. The number of amides is 1. The molecule has 2 N–H and O–H groups in total. The highest BCUT2D eigenvalue weighted by atomic mass is 16.1. The van der Waals surface area contributed by atoms with E-state index >= 15 is 0 Å². The molecule has 1 fully saturated rings. The maximum absolute atomic E-state index is 12.6. The van der Waals surface area contributed by atoms with Gasteiger partial charge >= 0.3 is 0 Å². The molecule has 1 saturated heterocycles. The zero-order chi connectivity index (χ0) is 14.9. The molecule has 0 aliphatic carbocycles. The first-order valence-corrected chi connectivity index (χ1v) is 7.53. The summed E-state index contributed by atoms with van der Waals surface area (Å²) in [5, 5.41) is 6.71. The highest BCUT2D eigenvalue weighted by Crippen LogP contribution is 2.18. The summed E-state index contributed by atoms with van der Waals surface area (Å²) in [7, 11) is 0. The summed E-state index contributed by atoms with van der Waals surface area (Å²) in [6.45, 7) is 10.4. The molecule has 1 aliphatic rings. The fourth-order valence-electron chi connectivity index (χ4n) is 3.30. The van der Waals surface area contributed by atoms with E-state index in [4.69, 9.17) is 0 Å². The minimum atomic E-state index is 0.0632. The fourth-order valence-corrected chi connectivity index (χ4v) is 3.30. The molecule has 0 bridgehead atoms. The van der Waals surface area contributed by atoms with Gasteiger partial charge in [-0.15, -0.1) is 0 Å². The van der Waals surface area contributed by atoms with Gasteiger partial charge < -0.3 is 10.6 Å². The molecule has 1 aromatic rings. The van der Waals surface area contributed by atoms with Crippen LogP contribution in [-0.4, -0.2) is 24.0 Å². The Morgan fingerprint density at radius 1 is 1.15 bits per heavy atom. The van der Waals surface area contributed by atoms with Gasteiger partial charge in [0.05, 0.1) is 0 Å². The number of aryl methyl sites for hydroxylation is 3. The van der Waals surface area contributed by atoms with Gasteiger partial charge in [-0.2, -0.15) is 0 Å². The molecule has 0 spiro atoms. The number of hydrogen-bond donors (Lipinski definition) is 2. The van der Waals surface area contributed by atoms with Crippen LogP contribution in [0.25, 0.3) is 0 Å². The molecule has 3 heteroatoms. The van der Waals surface area contributed by atoms with Gasteiger partial charge in [0, 0.05) is 23.7 Å². The number of nitrogens with one attached hydrogen (secondary N) is 2. The van der Waals surface area contributed by atoms with E-state index in [9.17, 15) is 4.79 Å². The van der Waals surface area contributed by atoms with Gasteiger partial charge in [0.15, 0.2) is 0 Å². The standard InChI is InChI=1S/C17H26N2O/c1-10-8-11(2)16(12(3)9-10)17(20)19-15-7-6-13(4)18-14(15)5/h8-9,13-15,18H,6-7H2,1-5H3,(H,19,20). The maximum atomic E-state index is 12.6. The Kier molecular flexibility index (Phi) is 4.48. The molecule has 110 valence electrons. The lowest BCUT2D eigenvalue weighted by atomic mass is 9.94. The van der Waals surface area contributed by atoms with Crippen molar-refractivity contribution in [1.29, 1.82) is 0 Å². The Hall–Kier alpha value is -1.35. The van der Waals surface area contributed by atoms with Crippen LogP contribution < -0.4 is 10.6 Å². The molecule has 0 aromatic heterocycles. The van der Waals surface area contributed by atoms with Crippen LogP contribution in [0.3, 0.4) is 0 Å². The molecule has 0 radical (unpaired) electrons. The summed E-state index contributed by atoms with van der Waals surface area (Å²) in [5.74, 6) is 0.0632. The molecule has 20 heavy (non-hydrogen) atoms. The van der Waals surface area contributed by atoms with Crippen molar-refractivity contribution < 1.29 is 4.79 Å². The van der Waals surface area contributed by atoms with E-state index in [-0.39, 0.29) is 11.9 Å². The number of hydrogen-bond acceptors (Lipinski definition) is 2. The van der Waals surface area contributed by atoms with E-state index in [0.29, 0.717) is 12.1 Å². The minimum Gasteiger partial charge on any atom is -0.348 e. The molecule has 3 nitrogen and oxygen atoms in total. The number of piperidine rings is 1. The van der Waals surface area contributed by atoms with Crippen molar-refractivity contribution in [3.63, 3.8) is 0 Å². The second-order valence-electron chi connectivity index (χ2n) is 6.29. The minimum absolute atomic E-state index is 0.0632. The Morgan fingerprint density at radius 3 is 2.30 bits per heavy atom. The van der Waals surface area contributed by atoms with Crippen molar-refractivity contribution >= 4 is 5.91 Å². The number of benzene rings is 1. The van der Waals surface area contributed by atoms with Gasteiger partial charge in [0.2, 0.25) is 0 Å². The Balaban J connectivity index is 2.13. The third-order valence-electron chi connectivity index (χ3n) is 4.28. The van der Waals surface area contributed by atoms with E-state index in [2.05, 4.69) is 43.5 Å². The lowest BCUT2D eigenvalue weighted by molar-refractivity contribution is 0.0913. The first-order valence-electron chi connectivity index (χ1n) is 7.53. The molecule has 1 aliphatic heterocycles. The second kappa shape index (κ2) is 5.96. The van der Waals surface area contributed by atoms with Crippen molar-refractivity contribution in [3.8, 4) is 0 Å². The van der Waals surface area contributed by atoms with Crippen LogP contribution in [0.4, 0.5) is 0 Å². The Morgan fingerprint density at radius 2 is 1.75 bits per heavy atom. The highest BCUT2D eigenvalue weighted by Gasteiger charge is 2.26. The highest BCUT2D eigenvalue weighted by molar-refractivity contribution is 5.97. The van der Waals surface area contributed by atoms with Crippen molar-refractivity contribution in [2.45, 2.75) is 65.6 Å². The molecule has 2 rings (SSSR count). The largest absolute Gasteiger partial charge is 0.348 e. The van der Waals surface area contributed by atoms with E-state index in [1.807, 2.05) is 13.8 Å². The average Bonchev–Trinajstić information content (AvgIpc) is 2.31. The summed E-state index contributed by atoms with van der Waals surface area (Å²) < 4.78 is 0. The van der Waals surface area contributed by atoms with Crippen LogP contribution in [0.2, 0.25) is 0 Å². The lowest BCUT2D eigenvalue weighted by Gasteiger charge is -2.34. The zero-order valence-electron chi connectivity index (χ0n) is 13.2. The maximum Gasteiger partial charge on any atom is 0.252 e. The number of rotatable bonds is 2. The topological polar surface area (TPSA) is 41.1 Å². The van der Waals surface area contributed by atoms with E-state index in [1.54, 1.807) is 0 Å². The summed E-state index contributed by atoms with van der Waals surface area (Å²) in [5.41, 5.74) is 4.16. The predicted molar refractivity (Wildman–Crippen MR) is 83.2 cm³/mol. The van der Waals surface area contributed by atoms with Crippen LogP contribution in [0.1, 0.15) is 53.7 Å². The summed E-state index contributed by atoms with van der Waals surface area (Å²) in [6.07, 6.45) is 2.16. The smallest absolute Gasteiger partial charge is 0.252 e. The van der Waals surface area contributed by atoms with Crippen LogP contribution in [0.5, 0.6) is 0 Å². The normalized spacial score (nSPS) is 26.4. The molecule has 0 saturated carbocycles. The Labute approximate surface area is 122 Å². The third-order valence-corrected chi connectivity index (χ3v) is 4.28. The number of carbonyl (C=O) groups is 1. The van der Waals surface area contributed by atoms with Crippen molar-refractivity contribution in [2.75, 3.05) is 0 Å². The second-order valence-corrected chi connectivity index (χ2v) is 6.29. The van der Waals surface area contributed by atoms with Gasteiger partial charge in [-0.25, -0.2) is 0 Å². The Bertz CT molecular complexity index is 487. The third kappa shape index (κ3) is 3.21. The van der Waals surface area contributed by atoms with Gasteiger partial charge in [0.25, 0.3) is 5.91 Å². The monoisotopic (exact) mass is 274 g/mol. The van der Waals surface area contributed by atoms with Crippen molar-refractivity contribution in [1.82, 2.24) is 10.6 Å². The first kappa shape index (κ1) is 15.0. The molecule has 1 amide bonds. The average molecular weight is 274 g/mol.